The average Bonchev–Trinajstić information content (AvgIpc) is 1.80. The second-order valence-electron chi connectivity index (χ2n) is 2.20. The third-order valence-corrected chi connectivity index (χ3v) is 3.31. The van der Waals surface area contributed by atoms with E-state index >= 15 is 0 Å². The molecule has 0 aromatic rings. The van der Waals surface area contributed by atoms with Gasteiger partial charge in [-0.05, 0) is 18.5 Å². The van der Waals surface area contributed by atoms with E-state index in [1.54, 1.807) is 0 Å². The average molecular weight is 182 g/mol. The normalized spacial score (nSPS) is 13.6. The highest BCUT2D eigenvalue weighted by Crippen LogP contribution is 2.27. The molecular weight excluding hydrogens is 167 g/mol. The predicted molar refractivity (Wildman–Crippen MR) is 53.7 cm³/mol. The van der Waals surface area contributed by atoms with Gasteiger partial charge >= 0.3 is 0 Å². The van der Waals surface area contributed by atoms with Gasteiger partial charge in [0, 0.05) is 0 Å². The van der Waals surface area contributed by atoms with Crippen molar-refractivity contribution >= 4 is 30.0 Å². The van der Waals surface area contributed by atoms with Crippen LogP contribution in [0.1, 0.15) is 32.6 Å². The van der Waals surface area contributed by atoms with Crippen molar-refractivity contribution in [3.8, 4) is 0 Å². The lowest BCUT2D eigenvalue weighted by Gasteiger charge is -1.95. The Morgan fingerprint density at radius 3 is 2.44 bits per heavy atom. The van der Waals surface area contributed by atoms with Gasteiger partial charge in [-0.2, -0.15) is 0 Å². The molecule has 0 saturated heterocycles. The van der Waals surface area contributed by atoms with E-state index in [1.165, 1.54) is 31.8 Å². The second kappa shape index (κ2) is 7.11. The van der Waals surface area contributed by atoms with Gasteiger partial charge in [-0.3, -0.25) is 0 Å². The number of rotatable bonds is 5. The molecule has 0 fully saturated rings. The third kappa shape index (κ3) is 9.00. The molecule has 0 heterocycles. The van der Waals surface area contributed by atoms with Crippen LogP contribution in [-0.2, 0) is 11.8 Å². The van der Waals surface area contributed by atoms with Gasteiger partial charge in [0.1, 0.15) is 0 Å². The molecule has 0 bridgehead atoms. The lowest BCUT2D eigenvalue weighted by molar-refractivity contribution is 0.706. The summed E-state index contributed by atoms with van der Waals surface area (Å²) in [6.07, 6.45) is 6.52. The van der Waals surface area contributed by atoms with Gasteiger partial charge in [-0.1, -0.05) is 38.0 Å². The van der Waals surface area contributed by atoms with Gasteiger partial charge in [-0.25, -0.2) is 0 Å². The number of unbranched alkanes of at least 4 members (excludes halogenated alkanes) is 3. The summed E-state index contributed by atoms with van der Waals surface area (Å²) in [5.41, 5.74) is 0. The molecule has 0 rings (SSSR count). The number of thiol groups is 1. The highest BCUT2D eigenvalue weighted by Gasteiger charge is 1.87. The molecule has 0 aliphatic carbocycles. The summed E-state index contributed by atoms with van der Waals surface area (Å²) >= 11 is 9.21. The van der Waals surface area contributed by atoms with E-state index in [0.29, 0.717) is 0 Å². The monoisotopic (exact) mass is 182 g/mol. The molecular formula is C6H15PS2. The molecule has 0 aromatic carbocycles. The van der Waals surface area contributed by atoms with Crippen molar-refractivity contribution in [2.24, 2.45) is 0 Å². The Morgan fingerprint density at radius 2 is 2.00 bits per heavy atom. The van der Waals surface area contributed by atoms with E-state index in [4.69, 9.17) is 11.8 Å². The lowest BCUT2D eigenvalue weighted by Crippen LogP contribution is -1.76. The van der Waals surface area contributed by atoms with Crippen molar-refractivity contribution < 1.29 is 0 Å². The van der Waals surface area contributed by atoms with Gasteiger partial charge in [0.15, 0.2) is 0 Å². The first-order valence-corrected chi connectivity index (χ1v) is 7.62. The maximum Gasteiger partial charge on any atom is -0.00859 e. The fourth-order valence-corrected chi connectivity index (χ4v) is 2.16. The summed E-state index contributed by atoms with van der Waals surface area (Å²) in [7, 11) is 0. The SMILES string of the molecule is CCCCCC[PH](=S)S. The van der Waals surface area contributed by atoms with Crippen molar-refractivity contribution in [2.45, 2.75) is 32.6 Å². The Morgan fingerprint density at radius 1 is 1.33 bits per heavy atom. The Hall–Kier alpha value is 1.00. The first-order chi connectivity index (χ1) is 4.27. The summed E-state index contributed by atoms with van der Waals surface area (Å²) in [5, 5.41) is 0. The zero-order valence-corrected chi connectivity index (χ0v) is 8.60. The van der Waals surface area contributed by atoms with Crippen molar-refractivity contribution in [1.29, 1.82) is 0 Å². The third-order valence-electron chi connectivity index (χ3n) is 1.24. The van der Waals surface area contributed by atoms with E-state index in [0.717, 1.165) is 0 Å². The minimum atomic E-state index is -0.637. The molecule has 0 aromatic heterocycles. The fraction of sp³-hybridized carbons (Fsp3) is 1.00. The fourth-order valence-electron chi connectivity index (χ4n) is 0.703. The van der Waals surface area contributed by atoms with Gasteiger partial charge in [-0.15, -0.1) is 12.2 Å². The first-order valence-electron chi connectivity index (χ1n) is 3.49. The highest BCUT2D eigenvalue weighted by atomic mass is 32.9. The van der Waals surface area contributed by atoms with E-state index in [1.807, 2.05) is 0 Å². The van der Waals surface area contributed by atoms with Crippen LogP contribution in [0.5, 0.6) is 0 Å². The van der Waals surface area contributed by atoms with Crippen LogP contribution in [0, 0.1) is 0 Å². The topological polar surface area (TPSA) is 0 Å². The summed E-state index contributed by atoms with van der Waals surface area (Å²) < 4.78 is 0. The zero-order chi connectivity index (χ0) is 7.11. The maximum absolute atomic E-state index is 4.99. The molecule has 0 amide bonds. The minimum absolute atomic E-state index is 0.637. The summed E-state index contributed by atoms with van der Waals surface area (Å²) in [6, 6.07) is 0. The maximum atomic E-state index is 4.99. The van der Waals surface area contributed by atoms with Gasteiger partial charge < -0.3 is 0 Å². The van der Waals surface area contributed by atoms with Crippen LogP contribution in [0.4, 0.5) is 0 Å². The zero-order valence-electron chi connectivity index (χ0n) is 5.89. The molecule has 1 atom stereocenters. The molecule has 0 saturated carbocycles. The molecule has 0 spiro atoms. The van der Waals surface area contributed by atoms with Crippen LogP contribution in [0.15, 0.2) is 0 Å². The Labute approximate surface area is 69.0 Å². The quantitative estimate of drug-likeness (QED) is 0.387. The first kappa shape index (κ1) is 10.0. The van der Waals surface area contributed by atoms with E-state index in [9.17, 15) is 0 Å². The van der Waals surface area contributed by atoms with Gasteiger partial charge in [0.2, 0.25) is 0 Å². The summed E-state index contributed by atoms with van der Waals surface area (Å²) in [5.74, 6) is -0.637. The molecule has 0 aliphatic heterocycles. The Balaban J connectivity index is 2.83. The van der Waals surface area contributed by atoms with Crippen molar-refractivity contribution in [3.05, 3.63) is 0 Å². The number of hydrogen-bond acceptors (Lipinski definition) is 1. The van der Waals surface area contributed by atoms with Crippen LogP contribution in [0.25, 0.3) is 0 Å². The van der Waals surface area contributed by atoms with Gasteiger partial charge in [0.25, 0.3) is 0 Å². The molecule has 56 valence electrons. The molecule has 0 nitrogen and oxygen atoms in total. The molecule has 3 heteroatoms. The van der Waals surface area contributed by atoms with Crippen molar-refractivity contribution in [3.63, 3.8) is 0 Å². The molecule has 0 radical (unpaired) electrons. The van der Waals surface area contributed by atoms with Crippen LogP contribution < -0.4 is 0 Å². The van der Waals surface area contributed by atoms with E-state index < -0.39 is 5.90 Å². The van der Waals surface area contributed by atoms with Crippen molar-refractivity contribution in [2.75, 3.05) is 6.16 Å². The van der Waals surface area contributed by atoms with E-state index in [2.05, 4.69) is 19.2 Å². The molecule has 0 N–H and O–H groups in total. The smallest absolute Gasteiger partial charge is 0.00859 e. The Kier molecular flexibility index (Phi) is 7.90. The molecule has 9 heavy (non-hydrogen) atoms. The minimum Gasteiger partial charge on any atom is -0.144 e. The molecule has 1 unspecified atom stereocenters. The van der Waals surface area contributed by atoms with E-state index in [-0.39, 0.29) is 0 Å². The summed E-state index contributed by atoms with van der Waals surface area (Å²) in [6.45, 7) is 2.22. The van der Waals surface area contributed by atoms with Gasteiger partial charge in [0.05, 0.1) is 0 Å². The summed E-state index contributed by atoms with van der Waals surface area (Å²) in [4.78, 5) is 0. The van der Waals surface area contributed by atoms with Crippen molar-refractivity contribution in [1.82, 2.24) is 0 Å². The predicted octanol–water partition coefficient (Wildman–Crippen LogP) is 3.09. The van der Waals surface area contributed by atoms with Crippen LogP contribution in [-0.4, -0.2) is 6.16 Å². The standard InChI is InChI=1S/C6H15PS2/c1-2-3-4-5-6-7(8)9/h7H,2-6H2,1H3,(H,8,9). The Bertz CT molecular complexity index is 83.1. The molecule has 0 aliphatic rings. The highest BCUT2D eigenvalue weighted by molar-refractivity contribution is 8.56. The largest absolute Gasteiger partial charge is 0.144 e. The van der Waals surface area contributed by atoms with Crippen LogP contribution in [0.2, 0.25) is 0 Å². The van der Waals surface area contributed by atoms with Crippen LogP contribution in [0.3, 0.4) is 0 Å². The number of hydrogen-bond donors (Lipinski definition) is 1. The lowest BCUT2D eigenvalue weighted by atomic mass is 10.2. The van der Waals surface area contributed by atoms with Crippen LogP contribution >= 0.6 is 18.1 Å². The second-order valence-corrected chi connectivity index (χ2v) is 7.50.